The van der Waals surface area contributed by atoms with Crippen molar-refractivity contribution >= 4 is 28.9 Å². The number of carbonyl (C=O) groups is 1. The van der Waals surface area contributed by atoms with Gasteiger partial charge < -0.3 is 15.5 Å². The van der Waals surface area contributed by atoms with Crippen LogP contribution < -0.4 is 15.5 Å². The fourth-order valence-corrected chi connectivity index (χ4v) is 4.12. The number of hydrogen-bond acceptors (Lipinski definition) is 5. The summed E-state index contributed by atoms with van der Waals surface area (Å²) in [6, 6.07) is 9.85. The first-order valence-electron chi connectivity index (χ1n) is 10.5. The largest absolute Gasteiger partial charge is 0.356 e. The van der Waals surface area contributed by atoms with Crippen LogP contribution in [-0.4, -0.2) is 29.0 Å². The van der Waals surface area contributed by atoms with Crippen molar-refractivity contribution in [3.05, 3.63) is 36.2 Å². The molecule has 4 rings (SSSR count). The molecule has 6 heteroatoms. The molecular formula is C22H29N5O. The molecule has 0 radical (unpaired) electrons. The molecule has 2 aromatic rings. The van der Waals surface area contributed by atoms with Gasteiger partial charge in [-0.15, -0.1) is 0 Å². The highest BCUT2D eigenvalue weighted by atomic mass is 16.1. The van der Waals surface area contributed by atoms with E-state index in [0.717, 1.165) is 54.8 Å². The van der Waals surface area contributed by atoms with Crippen LogP contribution in [0.15, 0.2) is 30.3 Å². The summed E-state index contributed by atoms with van der Waals surface area (Å²) in [6.07, 6.45) is 8.05. The van der Waals surface area contributed by atoms with E-state index < -0.39 is 0 Å². The normalized spacial score (nSPS) is 17.5. The molecule has 2 fully saturated rings. The van der Waals surface area contributed by atoms with Crippen LogP contribution in [0.25, 0.3) is 0 Å². The Morgan fingerprint density at radius 1 is 0.964 bits per heavy atom. The summed E-state index contributed by atoms with van der Waals surface area (Å²) in [4.78, 5) is 23.8. The number of rotatable bonds is 5. The van der Waals surface area contributed by atoms with Gasteiger partial charge in [0.05, 0.1) is 0 Å². The molecule has 6 nitrogen and oxygen atoms in total. The Balaban J connectivity index is 1.39. The minimum absolute atomic E-state index is 0.155. The van der Waals surface area contributed by atoms with Crippen LogP contribution in [0, 0.1) is 12.8 Å². The van der Waals surface area contributed by atoms with Crippen LogP contribution in [0.4, 0.5) is 23.0 Å². The topological polar surface area (TPSA) is 70.2 Å². The molecule has 1 amide bonds. The van der Waals surface area contributed by atoms with Gasteiger partial charge in [-0.3, -0.25) is 4.79 Å². The zero-order chi connectivity index (χ0) is 19.3. The van der Waals surface area contributed by atoms with Crippen molar-refractivity contribution < 1.29 is 4.79 Å². The molecule has 1 aliphatic carbocycles. The Bertz CT molecular complexity index is 808. The second-order valence-corrected chi connectivity index (χ2v) is 7.88. The monoisotopic (exact) mass is 379 g/mol. The molecule has 2 heterocycles. The molecule has 1 saturated carbocycles. The smallest absolute Gasteiger partial charge is 0.227 e. The summed E-state index contributed by atoms with van der Waals surface area (Å²) in [7, 11) is 0. The number of carbonyl (C=O) groups excluding carboxylic acids is 1. The van der Waals surface area contributed by atoms with Crippen LogP contribution in [0.5, 0.6) is 0 Å². The van der Waals surface area contributed by atoms with Crippen LogP contribution >= 0.6 is 0 Å². The molecule has 1 aromatic heterocycles. The average molecular weight is 380 g/mol. The fraction of sp³-hybridized carbons (Fsp3) is 0.500. The van der Waals surface area contributed by atoms with Crippen molar-refractivity contribution in [1.29, 1.82) is 0 Å². The van der Waals surface area contributed by atoms with Gasteiger partial charge in [-0.05, 0) is 56.9 Å². The highest BCUT2D eigenvalue weighted by Crippen LogP contribution is 2.26. The number of hydrogen-bond donors (Lipinski definition) is 2. The van der Waals surface area contributed by atoms with E-state index in [4.69, 9.17) is 0 Å². The van der Waals surface area contributed by atoms with Gasteiger partial charge in [-0.1, -0.05) is 19.3 Å². The number of aromatic nitrogens is 2. The standard InChI is InChI=1S/C22H29N5O/c1-16-23-20(15-21(24-16)27-13-5-6-14-27)25-18-9-11-19(12-10-18)26-22(28)17-7-3-2-4-8-17/h9-12,15,17H,2-8,13-14H2,1H3,(H,26,28)(H,23,24,25). The van der Waals surface area contributed by atoms with E-state index in [9.17, 15) is 4.79 Å². The van der Waals surface area contributed by atoms with E-state index in [1.165, 1.54) is 32.1 Å². The maximum atomic E-state index is 12.4. The van der Waals surface area contributed by atoms with Crippen LogP contribution in [0.2, 0.25) is 0 Å². The minimum atomic E-state index is 0.155. The summed E-state index contributed by atoms with van der Waals surface area (Å²) < 4.78 is 0. The molecule has 1 aromatic carbocycles. The molecule has 0 unspecified atom stereocenters. The number of nitrogens with one attached hydrogen (secondary N) is 2. The third-order valence-corrected chi connectivity index (χ3v) is 5.66. The predicted molar refractivity (Wildman–Crippen MR) is 113 cm³/mol. The molecule has 148 valence electrons. The van der Waals surface area contributed by atoms with Gasteiger partial charge in [-0.25, -0.2) is 9.97 Å². The number of anilines is 4. The Kier molecular flexibility index (Phi) is 5.74. The number of nitrogens with zero attached hydrogens (tertiary/aromatic N) is 3. The molecule has 2 aliphatic rings. The van der Waals surface area contributed by atoms with E-state index in [2.05, 4.69) is 25.5 Å². The lowest BCUT2D eigenvalue weighted by Crippen LogP contribution is -2.24. The average Bonchev–Trinajstić information content (AvgIpc) is 3.25. The first-order chi connectivity index (χ1) is 13.7. The number of aryl methyl sites for hydroxylation is 1. The maximum Gasteiger partial charge on any atom is 0.227 e. The zero-order valence-corrected chi connectivity index (χ0v) is 16.6. The van der Waals surface area contributed by atoms with Gasteiger partial charge in [0.1, 0.15) is 17.5 Å². The van der Waals surface area contributed by atoms with E-state index >= 15 is 0 Å². The van der Waals surface area contributed by atoms with Gasteiger partial charge in [-0.2, -0.15) is 0 Å². The molecule has 0 bridgehead atoms. The fourth-order valence-electron chi connectivity index (χ4n) is 4.12. The summed E-state index contributed by atoms with van der Waals surface area (Å²) in [5.41, 5.74) is 1.79. The second-order valence-electron chi connectivity index (χ2n) is 7.88. The zero-order valence-electron chi connectivity index (χ0n) is 16.6. The third-order valence-electron chi connectivity index (χ3n) is 5.66. The first kappa shape index (κ1) is 18.7. The lowest BCUT2D eigenvalue weighted by atomic mass is 9.88. The van der Waals surface area contributed by atoms with Crippen molar-refractivity contribution in [1.82, 2.24) is 9.97 Å². The summed E-state index contributed by atoms with van der Waals surface area (Å²) in [6.45, 7) is 4.05. The number of benzene rings is 1. The van der Waals surface area contributed by atoms with Crippen molar-refractivity contribution in [2.24, 2.45) is 5.92 Å². The van der Waals surface area contributed by atoms with Gasteiger partial charge in [0, 0.05) is 36.4 Å². The van der Waals surface area contributed by atoms with Crippen molar-refractivity contribution in [2.45, 2.75) is 51.9 Å². The lowest BCUT2D eigenvalue weighted by molar-refractivity contribution is -0.120. The van der Waals surface area contributed by atoms with Gasteiger partial charge in [0.15, 0.2) is 0 Å². The van der Waals surface area contributed by atoms with Crippen LogP contribution in [-0.2, 0) is 4.79 Å². The Labute approximate surface area is 166 Å². The van der Waals surface area contributed by atoms with Gasteiger partial charge in [0.25, 0.3) is 0 Å². The Morgan fingerprint density at radius 3 is 2.36 bits per heavy atom. The maximum absolute atomic E-state index is 12.4. The highest BCUT2D eigenvalue weighted by Gasteiger charge is 2.21. The van der Waals surface area contributed by atoms with E-state index in [-0.39, 0.29) is 11.8 Å². The van der Waals surface area contributed by atoms with Crippen molar-refractivity contribution in [2.75, 3.05) is 28.6 Å². The molecule has 0 atom stereocenters. The Hall–Kier alpha value is -2.63. The molecule has 1 aliphatic heterocycles. The molecule has 0 spiro atoms. The van der Waals surface area contributed by atoms with Crippen LogP contribution in [0.1, 0.15) is 50.8 Å². The predicted octanol–water partition coefficient (Wildman–Crippen LogP) is 4.65. The summed E-state index contributed by atoms with van der Waals surface area (Å²) in [5, 5.41) is 6.42. The first-order valence-corrected chi connectivity index (χ1v) is 10.5. The summed E-state index contributed by atoms with van der Waals surface area (Å²) in [5.74, 6) is 2.88. The van der Waals surface area contributed by atoms with E-state index in [0.29, 0.717) is 0 Å². The molecule has 28 heavy (non-hydrogen) atoms. The molecule has 1 saturated heterocycles. The minimum Gasteiger partial charge on any atom is -0.356 e. The van der Waals surface area contributed by atoms with Gasteiger partial charge >= 0.3 is 0 Å². The quantitative estimate of drug-likeness (QED) is 0.791. The summed E-state index contributed by atoms with van der Waals surface area (Å²) >= 11 is 0. The second kappa shape index (κ2) is 8.59. The highest BCUT2D eigenvalue weighted by molar-refractivity contribution is 5.92. The number of amides is 1. The molecule has 2 N–H and O–H groups in total. The van der Waals surface area contributed by atoms with Gasteiger partial charge in [0.2, 0.25) is 5.91 Å². The Morgan fingerprint density at radius 2 is 1.64 bits per heavy atom. The van der Waals surface area contributed by atoms with E-state index in [1.54, 1.807) is 0 Å². The van der Waals surface area contributed by atoms with Crippen molar-refractivity contribution in [3.8, 4) is 0 Å². The lowest BCUT2D eigenvalue weighted by Gasteiger charge is -2.20. The van der Waals surface area contributed by atoms with Crippen LogP contribution in [0.3, 0.4) is 0 Å². The van der Waals surface area contributed by atoms with Crippen molar-refractivity contribution in [3.63, 3.8) is 0 Å². The van der Waals surface area contributed by atoms with E-state index in [1.807, 2.05) is 37.3 Å². The SMILES string of the molecule is Cc1nc(Nc2ccc(NC(=O)C3CCCCC3)cc2)cc(N2CCCC2)n1. The third kappa shape index (κ3) is 4.61. The molecular weight excluding hydrogens is 350 g/mol.